The van der Waals surface area contributed by atoms with Gasteiger partial charge in [0, 0.05) is 38.0 Å². The fraction of sp³-hybridized carbons (Fsp3) is 0.417. The number of carbonyl (C=O) groups is 1. The summed E-state index contributed by atoms with van der Waals surface area (Å²) in [5, 5.41) is 13.6. The van der Waals surface area contributed by atoms with Crippen molar-refractivity contribution in [3.63, 3.8) is 0 Å². The van der Waals surface area contributed by atoms with Crippen LogP contribution in [0.2, 0.25) is 0 Å². The first-order valence-electron chi connectivity index (χ1n) is 6.15. The van der Waals surface area contributed by atoms with Crippen molar-refractivity contribution in [1.29, 1.82) is 0 Å². The van der Waals surface area contributed by atoms with Gasteiger partial charge in [0.1, 0.15) is 5.76 Å². The van der Waals surface area contributed by atoms with Gasteiger partial charge in [-0.05, 0) is 13.0 Å². The van der Waals surface area contributed by atoms with Crippen molar-refractivity contribution < 1.29 is 9.32 Å². The molecule has 102 valence electrons. The van der Waals surface area contributed by atoms with Gasteiger partial charge in [-0.25, -0.2) is 0 Å². The van der Waals surface area contributed by atoms with Gasteiger partial charge in [-0.1, -0.05) is 5.16 Å². The van der Waals surface area contributed by atoms with Crippen LogP contribution in [0, 0.1) is 6.92 Å². The Bertz CT molecular complexity index is 506. The number of hydrogen-bond donors (Lipinski definition) is 2. The minimum absolute atomic E-state index is 0.0834. The Morgan fingerprint density at radius 3 is 3.05 bits per heavy atom. The molecule has 2 N–H and O–H groups in total. The summed E-state index contributed by atoms with van der Waals surface area (Å²) in [5.74, 6) is 1.05. The number of rotatable bonds is 7. The maximum atomic E-state index is 11.6. The first kappa shape index (κ1) is 13.3. The number of carbonyl (C=O) groups excluding carboxylic acids is 1. The summed E-state index contributed by atoms with van der Waals surface area (Å²) in [5.41, 5.74) is 0. The molecule has 0 aliphatic rings. The average Bonchev–Trinajstić information content (AvgIpc) is 3.01. The van der Waals surface area contributed by atoms with Crippen LogP contribution >= 0.6 is 0 Å². The predicted molar refractivity (Wildman–Crippen MR) is 69.6 cm³/mol. The second-order valence-corrected chi connectivity index (χ2v) is 4.14. The third kappa shape index (κ3) is 4.55. The summed E-state index contributed by atoms with van der Waals surface area (Å²) in [7, 11) is 0. The van der Waals surface area contributed by atoms with E-state index in [9.17, 15) is 4.79 Å². The van der Waals surface area contributed by atoms with Gasteiger partial charge in [0.15, 0.2) is 5.82 Å². The molecular weight excluding hydrogens is 246 g/mol. The van der Waals surface area contributed by atoms with Gasteiger partial charge in [-0.3, -0.25) is 9.48 Å². The lowest BCUT2D eigenvalue weighted by molar-refractivity contribution is -0.116. The first-order valence-corrected chi connectivity index (χ1v) is 6.15. The van der Waals surface area contributed by atoms with Crippen molar-refractivity contribution in [2.24, 2.45) is 0 Å². The van der Waals surface area contributed by atoms with Gasteiger partial charge in [0.2, 0.25) is 5.91 Å². The molecule has 1 amide bonds. The highest BCUT2D eigenvalue weighted by Crippen LogP contribution is 2.06. The van der Waals surface area contributed by atoms with Crippen LogP contribution in [0.25, 0.3) is 0 Å². The number of nitrogens with one attached hydrogen (secondary N) is 2. The molecule has 0 aromatic carbocycles. The van der Waals surface area contributed by atoms with Crippen molar-refractivity contribution in [2.75, 3.05) is 18.4 Å². The monoisotopic (exact) mass is 263 g/mol. The van der Waals surface area contributed by atoms with E-state index in [1.54, 1.807) is 19.2 Å². The highest BCUT2D eigenvalue weighted by atomic mass is 16.5. The van der Waals surface area contributed by atoms with Gasteiger partial charge in [-0.15, -0.1) is 0 Å². The molecule has 0 aliphatic heterocycles. The molecule has 0 saturated heterocycles. The predicted octanol–water partition coefficient (Wildman–Crippen LogP) is 0.798. The minimum Gasteiger partial charge on any atom is -0.360 e. The van der Waals surface area contributed by atoms with Gasteiger partial charge in [0.25, 0.3) is 0 Å². The van der Waals surface area contributed by atoms with Crippen LogP contribution in [-0.4, -0.2) is 33.9 Å². The fourth-order valence-corrected chi connectivity index (χ4v) is 1.58. The number of anilines is 1. The van der Waals surface area contributed by atoms with Gasteiger partial charge in [0.05, 0.1) is 6.54 Å². The molecule has 2 aromatic rings. The lowest BCUT2D eigenvalue weighted by Gasteiger charge is -2.04. The Morgan fingerprint density at radius 1 is 1.47 bits per heavy atom. The second kappa shape index (κ2) is 6.69. The Balaban J connectivity index is 1.56. The highest BCUT2D eigenvalue weighted by molar-refractivity contribution is 5.89. The van der Waals surface area contributed by atoms with Crippen LogP contribution in [0.3, 0.4) is 0 Å². The molecular formula is C12H17N5O2. The van der Waals surface area contributed by atoms with Crippen LogP contribution in [-0.2, 0) is 11.3 Å². The lowest BCUT2D eigenvalue weighted by Crippen LogP contribution is -2.25. The van der Waals surface area contributed by atoms with Crippen molar-refractivity contribution in [3.8, 4) is 0 Å². The van der Waals surface area contributed by atoms with E-state index in [-0.39, 0.29) is 5.91 Å². The zero-order chi connectivity index (χ0) is 13.5. The number of nitrogens with zero attached hydrogens (tertiary/aromatic N) is 3. The zero-order valence-corrected chi connectivity index (χ0v) is 10.8. The third-order valence-electron chi connectivity index (χ3n) is 2.50. The minimum atomic E-state index is -0.0834. The van der Waals surface area contributed by atoms with Gasteiger partial charge in [-0.2, -0.15) is 5.10 Å². The summed E-state index contributed by atoms with van der Waals surface area (Å²) >= 11 is 0. The van der Waals surface area contributed by atoms with E-state index >= 15 is 0 Å². The third-order valence-corrected chi connectivity index (χ3v) is 2.50. The summed E-state index contributed by atoms with van der Waals surface area (Å²) in [6.45, 7) is 3.96. The van der Waals surface area contributed by atoms with Crippen LogP contribution in [0.4, 0.5) is 5.82 Å². The number of amides is 1. The quantitative estimate of drug-likeness (QED) is 0.722. The largest absolute Gasteiger partial charge is 0.360 e. The molecule has 0 aliphatic carbocycles. The van der Waals surface area contributed by atoms with Crippen molar-refractivity contribution in [1.82, 2.24) is 20.3 Å². The molecule has 2 rings (SSSR count). The van der Waals surface area contributed by atoms with E-state index < -0.39 is 0 Å². The topological polar surface area (TPSA) is 85.0 Å². The maximum absolute atomic E-state index is 11.6. The molecule has 0 spiro atoms. The number of hydrogen-bond acceptors (Lipinski definition) is 5. The normalized spacial score (nSPS) is 10.6. The summed E-state index contributed by atoms with van der Waals surface area (Å²) in [4.78, 5) is 11.6. The smallest absolute Gasteiger partial charge is 0.226 e. The Hall–Kier alpha value is -2.15. The molecule has 0 radical (unpaired) electrons. The second-order valence-electron chi connectivity index (χ2n) is 4.14. The van der Waals surface area contributed by atoms with E-state index in [1.165, 1.54) is 0 Å². The standard InChI is InChI=1S/C12H17N5O2/c1-10-9-11(16-19-10)15-12(18)3-5-13-6-8-17-7-2-4-14-17/h2,4,7,9,13H,3,5-6,8H2,1H3,(H,15,16,18). The number of aromatic nitrogens is 3. The van der Waals surface area contributed by atoms with Crippen LogP contribution in [0.5, 0.6) is 0 Å². The van der Waals surface area contributed by atoms with Crippen LogP contribution in [0.1, 0.15) is 12.2 Å². The molecule has 0 fully saturated rings. The van der Waals surface area contributed by atoms with Gasteiger partial charge >= 0.3 is 0 Å². The summed E-state index contributed by atoms with van der Waals surface area (Å²) in [6, 6.07) is 3.57. The molecule has 7 nitrogen and oxygen atoms in total. The SMILES string of the molecule is Cc1cc(NC(=O)CCNCCn2cccn2)no1. The average molecular weight is 263 g/mol. The molecule has 19 heavy (non-hydrogen) atoms. The van der Waals surface area contributed by atoms with E-state index in [2.05, 4.69) is 20.9 Å². The Kier molecular flexibility index (Phi) is 4.68. The maximum Gasteiger partial charge on any atom is 0.226 e. The first-order chi connectivity index (χ1) is 9.24. The molecule has 2 aromatic heterocycles. The molecule has 0 saturated carbocycles. The molecule has 0 unspecified atom stereocenters. The molecule has 0 bridgehead atoms. The van der Waals surface area contributed by atoms with Gasteiger partial charge < -0.3 is 15.2 Å². The Morgan fingerprint density at radius 2 is 2.37 bits per heavy atom. The van der Waals surface area contributed by atoms with E-state index in [0.29, 0.717) is 24.5 Å². The fourth-order valence-electron chi connectivity index (χ4n) is 1.58. The summed E-state index contributed by atoms with van der Waals surface area (Å²) in [6.07, 6.45) is 4.04. The van der Waals surface area contributed by atoms with E-state index in [1.807, 2.05) is 16.9 Å². The molecule has 2 heterocycles. The Labute approximate surface area is 111 Å². The number of aryl methyl sites for hydroxylation is 1. The van der Waals surface area contributed by atoms with Crippen molar-refractivity contribution in [2.45, 2.75) is 19.9 Å². The van der Waals surface area contributed by atoms with Crippen molar-refractivity contribution in [3.05, 3.63) is 30.3 Å². The van der Waals surface area contributed by atoms with Crippen LogP contribution < -0.4 is 10.6 Å². The van der Waals surface area contributed by atoms with E-state index in [4.69, 9.17) is 4.52 Å². The lowest BCUT2D eigenvalue weighted by atomic mass is 10.4. The molecule has 0 atom stereocenters. The molecule has 7 heteroatoms. The highest BCUT2D eigenvalue weighted by Gasteiger charge is 2.05. The van der Waals surface area contributed by atoms with E-state index in [0.717, 1.165) is 13.1 Å². The van der Waals surface area contributed by atoms with Crippen LogP contribution in [0.15, 0.2) is 29.0 Å². The van der Waals surface area contributed by atoms with Crippen molar-refractivity contribution >= 4 is 11.7 Å². The zero-order valence-electron chi connectivity index (χ0n) is 10.8. The summed E-state index contributed by atoms with van der Waals surface area (Å²) < 4.78 is 6.70.